The number of piperidine rings is 1. The molecular weight excluding hydrogens is 300 g/mol. The molecule has 1 N–H and O–H groups in total. The number of hydrogen-bond acceptors (Lipinski definition) is 4. The van der Waals surface area contributed by atoms with Crippen molar-refractivity contribution < 1.29 is 13.5 Å². The third-order valence-corrected chi connectivity index (χ3v) is 6.64. The van der Waals surface area contributed by atoms with E-state index in [0.29, 0.717) is 13.1 Å². The number of benzene rings is 1. The summed E-state index contributed by atoms with van der Waals surface area (Å²) in [6.07, 6.45) is 2.14. The van der Waals surface area contributed by atoms with Crippen LogP contribution in [0.4, 0.5) is 0 Å². The van der Waals surface area contributed by atoms with Crippen molar-refractivity contribution in [1.29, 1.82) is 0 Å². The first-order valence-electron chi connectivity index (χ1n) is 8.01. The minimum atomic E-state index is -3.05. The van der Waals surface area contributed by atoms with Crippen molar-refractivity contribution in [3.63, 3.8) is 0 Å². The standard InChI is InChI=1S/C16H24N2O3S/c19-16(14-6-2-1-3-7-14)13-17-9-4-8-15(12-17)18-10-5-11-22(18,20)21/h1-3,6-7,15-16,19H,4-5,8-13H2/t15-,16+/m0/s1. The monoisotopic (exact) mass is 324 g/mol. The summed E-state index contributed by atoms with van der Waals surface area (Å²) in [5.74, 6) is 0.288. The van der Waals surface area contributed by atoms with Gasteiger partial charge in [0.15, 0.2) is 0 Å². The molecule has 0 aromatic heterocycles. The fourth-order valence-electron chi connectivity index (χ4n) is 3.53. The Morgan fingerprint density at radius 2 is 1.95 bits per heavy atom. The lowest BCUT2D eigenvalue weighted by molar-refractivity contribution is 0.0796. The molecule has 2 aliphatic rings. The number of hydrogen-bond donors (Lipinski definition) is 1. The Balaban J connectivity index is 1.61. The van der Waals surface area contributed by atoms with Crippen molar-refractivity contribution in [3.05, 3.63) is 35.9 Å². The van der Waals surface area contributed by atoms with Gasteiger partial charge in [0.05, 0.1) is 11.9 Å². The molecule has 22 heavy (non-hydrogen) atoms. The van der Waals surface area contributed by atoms with Crippen LogP contribution >= 0.6 is 0 Å². The van der Waals surface area contributed by atoms with Crippen LogP contribution in [-0.2, 0) is 10.0 Å². The molecule has 2 aliphatic heterocycles. The largest absolute Gasteiger partial charge is 0.387 e. The summed E-state index contributed by atoms with van der Waals surface area (Å²) in [6.45, 7) is 2.87. The van der Waals surface area contributed by atoms with Crippen LogP contribution in [0.2, 0.25) is 0 Å². The van der Waals surface area contributed by atoms with E-state index in [0.717, 1.165) is 37.9 Å². The van der Waals surface area contributed by atoms with Crippen LogP contribution in [-0.4, -0.2) is 60.7 Å². The lowest BCUT2D eigenvalue weighted by atomic mass is 10.0. The maximum absolute atomic E-state index is 12.1. The molecule has 0 saturated carbocycles. The maximum Gasteiger partial charge on any atom is 0.214 e. The second-order valence-electron chi connectivity index (χ2n) is 6.26. The average molecular weight is 324 g/mol. The lowest BCUT2D eigenvalue weighted by Crippen LogP contribution is -2.49. The molecule has 3 rings (SSSR count). The highest BCUT2D eigenvalue weighted by molar-refractivity contribution is 7.89. The summed E-state index contributed by atoms with van der Waals surface area (Å²) in [5, 5.41) is 10.4. The maximum atomic E-state index is 12.1. The molecule has 0 unspecified atom stereocenters. The number of rotatable bonds is 4. The van der Waals surface area contributed by atoms with Gasteiger partial charge in [0.1, 0.15) is 0 Å². The van der Waals surface area contributed by atoms with Crippen LogP contribution in [0.3, 0.4) is 0 Å². The predicted molar refractivity (Wildman–Crippen MR) is 86.0 cm³/mol. The quantitative estimate of drug-likeness (QED) is 0.905. The fourth-order valence-corrected chi connectivity index (χ4v) is 5.29. The number of likely N-dealkylation sites (tertiary alicyclic amines) is 1. The Labute approximate surface area is 132 Å². The Kier molecular flexibility index (Phi) is 4.82. The summed E-state index contributed by atoms with van der Waals surface area (Å²) in [7, 11) is -3.05. The van der Waals surface area contributed by atoms with Crippen LogP contribution in [0.15, 0.2) is 30.3 Å². The topological polar surface area (TPSA) is 60.9 Å². The van der Waals surface area contributed by atoms with Gasteiger partial charge >= 0.3 is 0 Å². The third kappa shape index (κ3) is 3.51. The van der Waals surface area contributed by atoms with Crippen molar-refractivity contribution in [1.82, 2.24) is 9.21 Å². The van der Waals surface area contributed by atoms with E-state index in [4.69, 9.17) is 0 Å². The normalized spacial score (nSPS) is 27.8. The molecule has 2 heterocycles. The molecule has 2 atom stereocenters. The summed E-state index contributed by atoms with van der Waals surface area (Å²) in [5.41, 5.74) is 0.915. The van der Waals surface area contributed by atoms with Crippen molar-refractivity contribution >= 4 is 10.0 Å². The van der Waals surface area contributed by atoms with Gasteiger partial charge in [-0.1, -0.05) is 30.3 Å². The van der Waals surface area contributed by atoms with Crippen LogP contribution in [0.25, 0.3) is 0 Å². The van der Waals surface area contributed by atoms with Gasteiger partial charge in [-0.2, -0.15) is 4.31 Å². The van der Waals surface area contributed by atoms with Gasteiger partial charge in [0.2, 0.25) is 10.0 Å². The van der Waals surface area contributed by atoms with E-state index in [9.17, 15) is 13.5 Å². The molecule has 122 valence electrons. The van der Waals surface area contributed by atoms with Gasteiger partial charge in [-0.3, -0.25) is 4.90 Å². The van der Waals surface area contributed by atoms with E-state index in [1.165, 1.54) is 0 Å². The number of aliphatic hydroxyl groups is 1. The minimum absolute atomic E-state index is 0.0734. The molecule has 0 bridgehead atoms. The Bertz CT molecular complexity index is 591. The van der Waals surface area contributed by atoms with Crippen molar-refractivity contribution in [2.45, 2.75) is 31.4 Å². The molecule has 0 radical (unpaired) electrons. The summed E-state index contributed by atoms with van der Waals surface area (Å²) in [4.78, 5) is 2.19. The molecule has 1 aromatic rings. The lowest BCUT2D eigenvalue weighted by Gasteiger charge is -2.37. The van der Waals surface area contributed by atoms with Gasteiger partial charge in [-0.25, -0.2) is 8.42 Å². The average Bonchev–Trinajstić information content (AvgIpc) is 2.88. The molecule has 1 aromatic carbocycles. The molecule has 0 spiro atoms. The summed E-state index contributed by atoms with van der Waals surface area (Å²) in [6, 6.07) is 9.71. The molecule has 5 nitrogen and oxygen atoms in total. The first-order valence-corrected chi connectivity index (χ1v) is 9.62. The Morgan fingerprint density at radius 1 is 1.18 bits per heavy atom. The summed E-state index contributed by atoms with van der Waals surface area (Å²) >= 11 is 0. The molecule has 2 saturated heterocycles. The highest BCUT2D eigenvalue weighted by Gasteiger charge is 2.36. The summed E-state index contributed by atoms with van der Waals surface area (Å²) < 4.78 is 25.8. The van der Waals surface area contributed by atoms with E-state index >= 15 is 0 Å². The van der Waals surface area contributed by atoms with E-state index in [-0.39, 0.29) is 11.8 Å². The number of aliphatic hydroxyl groups excluding tert-OH is 1. The first-order chi connectivity index (χ1) is 10.6. The van der Waals surface area contributed by atoms with Crippen molar-refractivity contribution in [2.75, 3.05) is 31.9 Å². The highest BCUT2D eigenvalue weighted by atomic mass is 32.2. The van der Waals surface area contributed by atoms with Crippen LogP contribution in [0.5, 0.6) is 0 Å². The van der Waals surface area contributed by atoms with Gasteiger partial charge in [-0.15, -0.1) is 0 Å². The van der Waals surface area contributed by atoms with Crippen molar-refractivity contribution in [2.24, 2.45) is 0 Å². The number of β-amino-alcohol motifs (C(OH)–C–C–N with tert-alkyl or cyclic N) is 1. The third-order valence-electron chi connectivity index (χ3n) is 4.64. The van der Waals surface area contributed by atoms with Gasteiger partial charge in [-0.05, 0) is 31.4 Å². The minimum Gasteiger partial charge on any atom is -0.387 e. The van der Waals surface area contributed by atoms with E-state index in [2.05, 4.69) is 4.90 Å². The SMILES string of the molecule is O=S1(=O)CCCN1[C@H]1CCCN(C[C@@H](O)c2ccccc2)C1. The predicted octanol–water partition coefficient (Wildman–Crippen LogP) is 1.22. The van der Waals surface area contributed by atoms with Crippen LogP contribution < -0.4 is 0 Å². The Morgan fingerprint density at radius 3 is 2.64 bits per heavy atom. The van der Waals surface area contributed by atoms with E-state index in [1.54, 1.807) is 4.31 Å². The number of nitrogens with zero attached hydrogens (tertiary/aromatic N) is 2. The van der Waals surface area contributed by atoms with Gasteiger partial charge in [0.25, 0.3) is 0 Å². The zero-order valence-corrected chi connectivity index (χ0v) is 13.6. The number of sulfonamides is 1. The van der Waals surface area contributed by atoms with Crippen LogP contribution in [0.1, 0.15) is 30.9 Å². The van der Waals surface area contributed by atoms with E-state index in [1.807, 2.05) is 30.3 Å². The van der Waals surface area contributed by atoms with E-state index < -0.39 is 16.1 Å². The molecule has 0 amide bonds. The van der Waals surface area contributed by atoms with Gasteiger partial charge in [0, 0.05) is 25.7 Å². The molecular formula is C16H24N2O3S. The fraction of sp³-hybridized carbons (Fsp3) is 0.625. The molecule has 0 aliphatic carbocycles. The molecule has 2 fully saturated rings. The molecule has 6 heteroatoms. The second kappa shape index (κ2) is 6.66. The zero-order chi connectivity index (χ0) is 15.6. The van der Waals surface area contributed by atoms with Crippen LogP contribution in [0, 0.1) is 0 Å². The smallest absolute Gasteiger partial charge is 0.214 e. The van der Waals surface area contributed by atoms with Crippen molar-refractivity contribution in [3.8, 4) is 0 Å². The highest BCUT2D eigenvalue weighted by Crippen LogP contribution is 2.25. The first kappa shape index (κ1) is 15.9. The zero-order valence-electron chi connectivity index (χ0n) is 12.8. The Hall–Kier alpha value is -0.950. The second-order valence-corrected chi connectivity index (χ2v) is 8.30. The van der Waals surface area contributed by atoms with Gasteiger partial charge < -0.3 is 5.11 Å².